The minimum atomic E-state index is 0. The predicted octanol–water partition coefficient (Wildman–Crippen LogP) is 3.20. The Hall–Kier alpha value is -0.820. The van der Waals surface area contributed by atoms with Crippen LogP contribution in [0.2, 0.25) is 0 Å². The maximum absolute atomic E-state index is 5.53. The number of hydrogen-bond donors (Lipinski definition) is 2. The number of guanidine groups is 1. The van der Waals surface area contributed by atoms with Crippen molar-refractivity contribution in [2.45, 2.75) is 26.8 Å². The van der Waals surface area contributed by atoms with Gasteiger partial charge >= 0.3 is 0 Å². The Morgan fingerprint density at radius 1 is 1.19 bits per heavy atom. The number of benzene rings is 1. The standard InChI is InChI=1S/C16H27N3O.HI/c1-13(2)12-20-11-10-18-16(17-4)19-14(3)15-8-6-5-7-9-15;/h5-9,13-14H,10-12H2,1-4H3,(H2,17,18,19);1H. The molecule has 2 N–H and O–H groups in total. The van der Waals surface area contributed by atoms with E-state index in [9.17, 15) is 0 Å². The molecule has 0 aliphatic carbocycles. The molecule has 0 aromatic heterocycles. The van der Waals surface area contributed by atoms with E-state index >= 15 is 0 Å². The van der Waals surface area contributed by atoms with Gasteiger partial charge in [0.05, 0.1) is 12.6 Å². The molecule has 0 bridgehead atoms. The summed E-state index contributed by atoms with van der Waals surface area (Å²) < 4.78 is 5.53. The number of nitrogens with zero attached hydrogens (tertiary/aromatic N) is 1. The molecule has 5 heteroatoms. The molecule has 120 valence electrons. The van der Waals surface area contributed by atoms with E-state index in [1.807, 2.05) is 18.2 Å². The van der Waals surface area contributed by atoms with Crippen molar-refractivity contribution in [3.8, 4) is 0 Å². The molecule has 0 amide bonds. The van der Waals surface area contributed by atoms with Crippen LogP contribution in [0.15, 0.2) is 35.3 Å². The van der Waals surface area contributed by atoms with Gasteiger partial charge in [-0.1, -0.05) is 44.2 Å². The number of hydrogen-bond acceptors (Lipinski definition) is 2. The minimum Gasteiger partial charge on any atom is -0.379 e. The summed E-state index contributed by atoms with van der Waals surface area (Å²) in [5.41, 5.74) is 1.24. The summed E-state index contributed by atoms with van der Waals surface area (Å²) in [7, 11) is 1.78. The number of aliphatic imine (C=N–C) groups is 1. The van der Waals surface area contributed by atoms with Gasteiger partial charge < -0.3 is 15.4 Å². The zero-order valence-corrected chi connectivity index (χ0v) is 15.8. The molecule has 1 rings (SSSR count). The average molecular weight is 405 g/mol. The van der Waals surface area contributed by atoms with Crippen molar-refractivity contribution >= 4 is 29.9 Å². The highest BCUT2D eigenvalue weighted by Crippen LogP contribution is 2.10. The van der Waals surface area contributed by atoms with E-state index in [1.165, 1.54) is 5.56 Å². The maximum atomic E-state index is 5.53. The molecule has 0 spiro atoms. The molecule has 1 aromatic rings. The van der Waals surface area contributed by atoms with Crippen LogP contribution in [-0.4, -0.2) is 32.8 Å². The van der Waals surface area contributed by atoms with E-state index in [0.29, 0.717) is 12.5 Å². The predicted molar refractivity (Wildman–Crippen MR) is 100 cm³/mol. The Morgan fingerprint density at radius 3 is 2.43 bits per heavy atom. The van der Waals surface area contributed by atoms with Gasteiger partial charge in [0.25, 0.3) is 0 Å². The van der Waals surface area contributed by atoms with Crippen LogP contribution in [0.1, 0.15) is 32.4 Å². The second-order valence-corrected chi connectivity index (χ2v) is 5.24. The molecule has 1 unspecified atom stereocenters. The largest absolute Gasteiger partial charge is 0.379 e. The normalized spacial score (nSPS) is 12.7. The second kappa shape index (κ2) is 11.8. The quantitative estimate of drug-likeness (QED) is 0.317. The van der Waals surface area contributed by atoms with Crippen LogP contribution in [0.4, 0.5) is 0 Å². The van der Waals surface area contributed by atoms with Crippen molar-refractivity contribution in [2.75, 3.05) is 26.8 Å². The molecule has 0 aliphatic heterocycles. The summed E-state index contributed by atoms with van der Waals surface area (Å²) in [6, 6.07) is 10.6. The van der Waals surface area contributed by atoms with E-state index in [4.69, 9.17) is 4.74 Å². The second-order valence-electron chi connectivity index (χ2n) is 5.24. The van der Waals surface area contributed by atoms with Gasteiger partial charge in [0.2, 0.25) is 0 Å². The third kappa shape index (κ3) is 8.93. The molecule has 21 heavy (non-hydrogen) atoms. The van der Waals surface area contributed by atoms with Crippen LogP contribution in [0.3, 0.4) is 0 Å². The van der Waals surface area contributed by atoms with E-state index in [0.717, 1.165) is 19.1 Å². The number of nitrogens with one attached hydrogen (secondary N) is 2. The number of rotatable bonds is 7. The van der Waals surface area contributed by atoms with Gasteiger partial charge in [-0.05, 0) is 18.4 Å². The lowest BCUT2D eigenvalue weighted by Crippen LogP contribution is -2.40. The first-order valence-corrected chi connectivity index (χ1v) is 7.23. The van der Waals surface area contributed by atoms with E-state index in [2.05, 4.69) is 48.5 Å². The van der Waals surface area contributed by atoms with Crippen molar-refractivity contribution in [3.05, 3.63) is 35.9 Å². The fourth-order valence-corrected chi connectivity index (χ4v) is 1.79. The molecule has 0 radical (unpaired) electrons. The van der Waals surface area contributed by atoms with Crippen molar-refractivity contribution in [1.29, 1.82) is 0 Å². The Kier molecular flexibility index (Phi) is 11.3. The molecule has 0 saturated heterocycles. The highest BCUT2D eigenvalue weighted by atomic mass is 127. The first kappa shape index (κ1) is 20.2. The highest BCUT2D eigenvalue weighted by Gasteiger charge is 2.06. The fourth-order valence-electron chi connectivity index (χ4n) is 1.79. The zero-order valence-electron chi connectivity index (χ0n) is 13.4. The average Bonchev–Trinajstić information content (AvgIpc) is 2.46. The van der Waals surface area contributed by atoms with Gasteiger partial charge in [-0.3, -0.25) is 4.99 Å². The van der Waals surface area contributed by atoms with Crippen LogP contribution in [0.25, 0.3) is 0 Å². The van der Waals surface area contributed by atoms with Gasteiger partial charge in [-0.15, -0.1) is 24.0 Å². The summed E-state index contributed by atoms with van der Waals surface area (Å²) in [6.07, 6.45) is 0. The monoisotopic (exact) mass is 405 g/mol. The SMILES string of the molecule is CN=C(NCCOCC(C)C)NC(C)c1ccccc1.I. The summed E-state index contributed by atoms with van der Waals surface area (Å²) in [5, 5.41) is 6.62. The lowest BCUT2D eigenvalue weighted by atomic mass is 10.1. The van der Waals surface area contributed by atoms with E-state index in [-0.39, 0.29) is 30.0 Å². The minimum absolute atomic E-state index is 0. The highest BCUT2D eigenvalue weighted by molar-refractivity contribution is 14.0. The van der Waals surface area contributed by atoms with Crippen molar-refractivity contribution in [3.63, 3.8) is 0 Å². The Balaban J connectivity index is 0.00000400. The van der Waals surface area contributed by atoms with Crippen molar-refractivity contribution in [1.82, 2.24) is 10.6 Å². The zero-order chi connectivity index (χ0) is 14.8. The lowest BCUT2D eigenvalue weighted by molar-refractivity contribution is 0.114. The summed E-state index contributed by atoms with van der Waals surface area (Å²) in [5.74, 6) is 1.38. The molecular formula is C16H28IN3O. The Bertz CT molecular complexity index is 396. The first-order chi connectivity index (χ1) is 9.63. The summed E-state index contributed by atoms with van der Waals surface area (Å²) >= 11 is 0. The molecular weight excluding hydrogens is 377 g/mol. The van der Waals surface area contributed by atoms with E-state index < -0.39 is 0 Å². The van der Waals surface area contributed by atoms with Gasteiger partial charge in [0.15, 0.2) is 5.96 Å². The van der Waals surface area contributed by atoms with Crippen LogP contribution < -0.4 is 10.6 Å². The molecule has 0 heterocycles. The van der Waals surface area contributed by atoms with Gasteiger partial charge in [-0.25, -0.2) is 0 Å². The van der Waals surface area contributed by atoms with E-state index in [1.54, 1.807) is 7.05 Å². The first-order valence-electron chi connectivity index (χ1n) is 7.23. The third-order valence-corrected chi connectivity index (χ3v) is 2.87. The van der Waals surface area contributed by atoms with Gasteiger partial charge in [0.1, 0.15) is 0 Å². The van der Waals surface area contributed by atoms with Gasteiger partial charge in [-0.2, -0.15) is 0 Å². The summed E-state index contributed by atoms with van der Waals surface area (Å²) in [6.45, 7) is 8.67. The molecule has 0 aliphatic rings. The van der Waals surface area contributed by atoms with Crippen LogP contribution in [0.5, 0.6) is 0 Å². The summed E-state index contributed by atoms with van der Waals surface area (Å²) in [4.78, 5) is 4.23. The number of ether oxygens (including phenoxy) is 1. The van der Waals surface area contributed by atoms with Gasteiger partial charge in [0, 0.05) is 20.2 Å². The fraction of sp³-hybridized carbons (Fsp3) is 0.562. The third-order valence-electron chi connectivity index (χ3n) is 2.87. The van der Waals surface area contributed by atoms with Crippen LogP contribution in [-0.2, 0) is 4.74 Å². The van der Waals surface area contributed by atoms with Crippen LogP contribution in [0, 0.1) is 5.92 Å². The number of halogens is 1. The van der Waals surface area contributed by atoms with Crippen molar-refractivity contribution in [2.24, 2.45) is 10.9 Å². The van der Waals surface area contributed by atoms with Crippen molar-refractivity contribution < 1.29 is 4.74 Å². The smallest absolute Gasteiger partial charge is 0.191 e. The Morgan fingerprint density at radius 2 is 1.86 bits per heavy atom. The maximum Gasteiger partial charge on any atom is 0.191 e. The molecule has 1 aromatic carbocycles. The Labute approximate surface area is 145 Å². The molecule has 4 nitrogen and oxygen atoms in total. The lowest BCUT2D eigenvalue weighted by Gasteiger charge is -2.18. The van der Waals surface area contributed by atoms with Crippen LogP contribution >= 0.6 is 24.0 Å². The topological polar surface area (TPSA) is 45.7 Å². The molecule has 0 fully saturated rings. The molecule has 1 atom stereocenters. The molecule has 0 saturated carbocycles.